The Kier molecular flexibility index (Phi) is 5.22. The fraction of sp³-hybridized carbons (Fsp3) is 0.385. The summed E-state index contributed by atoms with van der Waals surface area (Å²) in [6.45, 7) is 0. The quantitative estimate of drug-likeness (QED) is 0.646. The Hall–Kier alpha value is -3.17. The lowest BCUT2D eigenvalue weighted by Gasteiger charge is -2.24. The van der Waals surface area contributed by atoms with E-state index in [2.05, 4.69) is 9.97 Å². The van der Waals surface area contributed by atoms with Gasteiger partial charge in [0.2, 0.25) is 0 Å². The number of carbonyl (C=O) groups is 1. The van der Waals surface area contributed by atoms with Crippen LogP contribution in [0.4, 0.5) is 4.39 Å². The van der Waals surface area contributed by atoms with Gasteiger partial charge in [0, 0.05) is 36.3 Å². The van der Waals surface area contributed by atoms with Crippen LogP contribution in [0.15, 0.2) is 48.8 Å². The van der Waals surface area contributed by atoms with E-state index in [-0.39, 0.29) is 24.4 Å². The van der Waals surface area contributed by atoms with E-state index in [4.69, 9.17) is 5.26 Å². The fourth-order valence-electron chi connectivity index (χ4n) is 5.89. The zero-order valence-corrected chi connectivity index (χ0v) is 17.7. The first-order chi connectivity index (χ1) is 15.4. The SMILES string of the molecule is N#Cc1ccc(CC(=O)CC2(O)C[C@H]3CC(c4ccnc5ccc(F)cc45)C[C@H]3C2)nc1. The summed E-state index contributed by atoms with van der Waals surface area (Å²) in [7, 11) is 0. The number of fused-ring (bicyclic) bond motifs is 2. The van der Waals surface area contributed by atoms with Crippen LogP contribution in [0.5, 0.6) is 0 Å². The number of pyridine rings is 2. The molecular formula is C26H24FN3O2. The van der Waals surface area contributed by atoms with Crippen molar-refractivity contribution in [2.75, 3.05) is 0 Å². The Morgan fingerprint density at radius 3 is 2.62 bits per heavy atom. The van der Waals surface area contributed by atoms with Gasteiger partial charge in [0.15, 0.2) is 0 Å². The van der Waals surface area contributed by atoms with Crippen molar-refractivity contribution in [1.82, 2.24) is 9.97 Å². The Balaban J connectivity index is 1.24. The predicted octanol–water partition coefficient (Wildman–Crippen LogP) is 4.48. The van der Waals surface area contributed by atoms with Crippen LogP contribution in [0.1, 0.15) is 54.8 Å². The van der Waals surface area contributed by atoms with Gasteiger partial charge in [0.1, 0.15) is 17.7 Å². The van der Waals surface area contributed by atoms with Crippen molar-refractivity contribution in [2.24, 2.45) is 11.8 Å². The number of halogens is 1. The molecule has 0 amide bonds. The topological polar surface area (TPSA) is 86.9 Å². The van der Waals surface area contributed by atoms with Crippen molar-refractivity contribution in [3.8, 4) is 6.07 Å². The molecule has 5 rings (SSSR count). The molecule has 2 heterocycles. The fourth-order valence-corrected chi connectivity index (χ4v) is 5.89. The van der Waals surface area contributed by atoms with E-state index >= 15 is 0 Å². The molecule has 0 saturated heterocycles. The van der Waals surface area contributed by atoms with Crippen molar-refractivity contribution in [2.45, 2.75) is 50.0 Å². The van der Waals surface area contributed by atoms with E-state index in [0.717, 1.165) is 29.3 Å². The Bertz CT molecular complexity index is 1200. The highest BCUT2D eigenvalue weighted by molar-refractivity contribution is 5.83. The van der Waals surface area contributed by atoms with Crippen LogP contribution < -0.4 is 0 Å². The van der Waals surface area contributed by atoms with Gasteiger partial charge in [-0.3, -0.25) is 14.8 Å². The van der Waals surface area contributed by atoms with E-state index < -0.39 is 5.60 Å². The molecule has 2 fully saturated rings. The summed E-state index contributed by atoms with van der Waals surface area (Å²) in [6, 6.07) is 12.1. The number of benzene rings is 1. The molecule has 2 unspecified atom stereocenters. The number of nitrogens with zero attached hydrogens (tertiary/aromatic N) is 3. The van der Waals surface area contributed by atoms with Crippen LogP contribution in [-0.4, -0.2) is 26.5 Å². The molecule has 2 saturated carbocycles. The minimum atomic E-state index is -0.962. The van der Waals surface area contributed by atoms with Gasteiger partial charge in [-0.25, -0.2) is 4.39 Å². The number of nitriles is 1. The number of Topliss-reactive ketones (excluding diaryl/α,β-unsaturated/α-hetero) is 1. The lowest BCUT2D eigenvalue weighted by atomic mass is 9.86. The molecule has 4 atom stereocenters. The summed E-state index contributed by atoms with van der Waals surface area (Å²) in [5, 5.41) is 20.9. The van der Waals surface area contributed by atoms with E-state index in [1.165, 1.54) is 12.3 Å². The van der Waals surface area contributed by atoms with Crippen molar-refractivity contribution >= 4 is 16.7 Å². The normalized spacial score (nSPS) is 26.7. The third-order valence-corrected chi connectivity index (χ3v) is 7.16. The van der Waals surface area contributed by atoms with Crippen LogP contribution in [0.2, 0.25) is 0 Å². The summed E-state index contributed by atoms with van der Waals surface area (Å²) >= 11 is 0. The van der Waals surface area contributed by atoms with Gasteiger partial charge < -0.3 is 5.11 Å². The molecule has 2 aliphatic carbocycles. The summed E-state index contributed by atoms with van der Waals surface area (Å²) < 4.78 is 13.8. The minimum absolute atomic E-state index is 0.0307. The lowest BCUT2D eigenvalue weighted by Crippen LogP contribution is -2.30. The Morgan fingerprint density at radius 1 is 1.16 bits per heavy atom. The maximum atomic E-state index is 13.8. The van der Waals surface area contributed by atoms with Crippen molar-refractivity contribution < 1.29 is 14.3 Å². The Labute approximate surface area is 185 Å². The first kappa shape index (κ1) is 20.7. The number of carbonyl (C=O) groups excluding carboxylic acids is 1. The molecule has 2 aromatic heterocycles. The molecule has 0 spiro atoms. The Morgan fingerprint density at radius 2 is 1.94 bits per heavy atom. The molecule has 5 nitrogen and oxygen atoms in total. The number of rotatable bonds is 5. The lowest BCUT2D eigenvalue weighted by molar-refractivity contribution is -0.123. The van der Waals surface area contributed by atoms with Crippen LogP contribution in [-0.2, 0) is 11.2 Å². The molecule has 3 aromatic rings. The highest BCUT2D eigenvalue weighted by Gasteiger charge is 2.49. The van der Waals surface area contributed by atoms with Crippen LogP contribution in [0.25, 0.3) is 10.9 Å². The number of hydrogen-bond donors (Lipinski definition) is 1. The van der Waals surface area contributed by atoms with Gasteiger partial charge in [-0.05, 0) is 85.4 Å². The molecular weight excluding hydrogens is 405 g/mol. The first-order valence-corrected chi connectivity index (χ1v) is 11.1. The number of aromatic nitrogens is 2. The highest BCUT2D eigenvalue weighted by Crippen LogP contribution is 2.55. The van der Waals surface area contributed by atoms with Crippen LogP contribution in [0, 0.1) is 29.0 Å². The van der Waals surface area contributed by atoms with E-state index in [9.17, 15) is 14.3 Å². The second-order valence-corrected chi connectivity index (χ2v) is 9.42. The van der Waals surface area contributed by atoms with Gasteiger partial charge in [-0.1, -0.05) is 0 Å². The molecule has 0 bridgehead atoms. The second kappa shape index (κ2) is 8.07. The highest BCUT2D eigenvalue weighted by atomic mass is 19.1. The summed E-state index contributed by atoms with van der Waals surface area (Å²) in [5.41, 5.74) is 2.06. The zero-order valence-electron chi connectivity index (χ0n) is 17.7. The monoisotopic (exact) mass is 429 g/mol. The maximum absolute atomic E-state index is 13.8. The van der Waals surface area contributed by atoms with Gasteiger partial charge in [-0.2, -0.15) is 5.26 Å². The van der Waals surface area contributed by atoms with Gasteiger partial charge in [0.25, 0.3) is 0 Å². The number of ketones is 1. The smallest absolute Gasteiger partial charge is 0.141 e. The molecule has 6 heteroatoms. The van der Waals surface area contributed by atoms with E-state index in [0.29, 0.717) is 41.9 Å². The molecule has 2 aliphatic rings. The second-order valence-electron chi connectivity index (χ2n) is 9.42. The van der Waals surface area contributed by atoms with Crippen molar-refractivity contribution in [3.05, 3.63) is 71.4 Å². The van der Waals surface area contributed by atoms with Crippen LogP contribution >= 0.6 is 0 Å². The average Bonchev–Trinajstić information content (AvgIpc) is 3.28. The number of aliphatic hydroxyl groups is 1. The molecule has 0 radical (unpaired) electrons. The maximum Gasteiger partial charge on any atom is 0.141 e. The van der Waals surface area contributed by atoms with E-state index in [1.54, 1.807) is 30.5 Å². The number of hydrogen-bond acceptors (Lipinski definition) is 5. The van der Waals surface area contributed by atoms with Crippen molar-refractivity contribution in [1.29, 1.82) is 5.26 Å². The molecule has 162 valence electrons. The zero-order chi connectivity index (χ0) is 22.3. The van der Waals surface area contributed by atoms with Crippen molar-refractivity contribution in [3.63, 3.8) is 0 Å². The molecule has 1 aromatic carbocycles. The first-order valence-electron chi connectivity index (χ1n) is 11.1. The average molecular weight is 429 g/mol. The van der Waals surface area contributed by atoms with Crippen LogP contribution in [0.3, 0.4) is 0 Å². The third-order valence-electron chi connectivity index (χ3n) is 7.16. The predicted molar refractivity (Wildman–Crippen MR) is 117 cm³/mol. The summed E-state index contributed by atoms with van der Waals surface area (Å²) in [6.07, 6.45) is 6.68. The van der Waals surface area contributed by atoms with Gasteiger partial charge in [0.05, 0.1) is 16.7 Å². The largest absolute Gasteiger partial charge is 0.389 e. The standard InChI is InChI=1S/C26H24FN3O2/c27-20-2-4-25-24(9-20)23(5-6-29-25)17-7-18-11-26(32,12-19(18)8-17)13-22(31)10-21-3-1-16(14-28)15-30-21/h1-6,9,15,17-19,32H,7-8,10-13H2/t17?,18-,19+,26?. The van der Waals surface area contributed by atoms with E-state index in [1.807, 2.05) is 12.1 Å². The minimum Gasteiger partial charge on any atom is -0.389 e. The van der Waals surface area contributed by atoms with Gasteiger partial charge in [-0.15, -0.1) is 0 Å². The molecule has 0 aliphatic heterocycles. The third kappa shape index (κ3) is 4.01. The molecule has 32 heavy (non-hydrogen) atoms. The molecule has 1 N–H and O–H groups in total. The van der Waals surface area contributed by atoms with Gasteiger partial charge >= 0.3 is 0 Å². The summed E-state index contributed by atoms with van der Waals surface area (Å²) in [5.74, 6) is 0.761. The summed E-state index contributed by atoms with van der Waals surface area (Å²) in [4.78, 5) is 21.1.